The quantitative estimate of drug-likeness (QED) is 0.0145. The Morgan fingerprint density at radius 1 is 0.737 bits per heavy atom. The number of ether oxygens (including phenoxy) is 2. The number of rotatable bonds is 28. The van der Waals surface area contributed by atoms with Crippen molar-refractivity contribution in [3.05, 3.63) is 132 Å². The average Bonchev–Trinajstić information content (AvgIpc) is 1.66. The highest BCUT2D eigenvalue weighted by Gasteiger charge is 2.35. The van der Waals surface area contributed by atoms with Gasteiger partial charge in [-0.15, -0.1) is 0 Å². The predicted molar refractivity (Wildman–Crippen MR) is 352 cm³/mol. The Bertz CT molecular complexity index is 4270. The number of carbonyl (C=O) groups excluding carboxylic acids is 8. The molecule has 31 nitrogen and oxygen atoms in total. The van der Waals surface area contributed by atoms with Gasteiger partial charge in [0.25, 0.3) is 23.6 Å². The predicted octanol–water partition coefficient (Wildman–Crippen LogP) is 2.87. The Kier molecular flexibility index (Phi) is 21.0. The first kappa shape index (κ1) is 66.6. The van der Waals surface area contributed by atoms with Crippen LogP contribution in [0.4, 0.5) is 21.9 Å². The van der Waals surface area contributed by atoms with Gasteiger partial charge in [-0.25, -0.2) is 19.4 Å². The number of carbonyl (C=O) groups is 11. The summed E-state index contributed by atoms with van der Waals surface area (Å²) < 4.78 is 11.1. The molecule has 6 unspecified atom stereocenters. The summed E-state index contributed by atoms with van der Waals surface area (Å²) in [6.07, 6.45) is -1.69. The number of aliphatic imine (C=N–C) groups is 3. The number of hydrogen-bond donors (Lipinski definition) is 14. The fourth-order valence-electron chi connectivity index (χ4n) is 10.4. The molecule has 7 aromatic rings. The number of aliphatic carboxylic acids is 3. The lowest BCUT2D eigenvalue weighted by Gasteiger charge is -2.25. The summed E-state index contributed by atoms with van der Waals surface area (Å²) in [5.74, 6) is -9.52. The van der Waals surface area contributed by atoms with Crippen molar-refractivity contribution >= 4 is 155 Å². The van der Waals surface area contributed by atoms with Crippen LogP contribution in [0.1, 0.15) is 56.2 Å². The number of carboxylic acids is 3. The van der Waals surface area contributed by atoms with Gasteiger partial charge in [0, 0.05) is 87.4 Å². The van der Waals surface area contributed by atoms with E-state index in [0.29, 0.717) is 63.4 Å². The van der Waals surface area contributed by atoms with E-state index in [-0.39, 0.29) is 53.7 Å². The van der Waals surface area contributed by atoms with Crippen LogP contribution in [0.3, 0.4) is 0 Å². The molecule has 6 atom stereocenters. The highest BCUT2D eigenvalue weighted by atomic mass is 33.1. The van der Waals surface area contributed by atoms with Crippen molar-refractivity contribution in [2.24, 2.45) is 26.4 Å². The molecule has 0 saturated heterocycles. The molecular formula is C62H61N15O16S2. The molecule has 2 aromatic heterocycles. The minimum absolute atomic E-state index is 0.0493. The number of nitrogens with zero attached hydrogens (tertiary/aromatic N) is 4. The zero-order chi connectivity index (χ0) is 67.4. The van der Waals surface area contributed by atoms with Crippen LogP contribution in [0.25, 0.3) is 32.6 Å². The van der Waals surface area contributed by atoms with Crippen LogP contribution in [0, 0.1) is 0 Å². The Hall–Kier alpha value is -11.3. The number of H-pyrrole nitrogens is 2. The van der Waals surface area contributed by atoms with Gasteiger partial charge in [0.15, 0.2) is 18.2 Å². The summed E-state index contributed by atoms with van der Waals surface area (Å²) >= 11 is 0. The summed E-state index contributed by atoms with van der Waals surface area (Å²) in [5.41, 5.74) is 16.7. The van der Waals surface area contributed by atoms with Crippen molar-refractivity contribution in [2.45, 2.75) is 62.1 Å². The van der Waals surface area contributed by atoms with E-state index in [9.17, 15) is 68.1 Å². The molecule has 0 aliphatic carbocycles. The summed E-state index contributed by atoms with van der Waals surface area (Å²) in [4.78, 5) is 161. The van der Waals surface area contributed by atoms with Crippen molar-refractivity contribution in [3.8, 4) is 5.75 Å². The molecule has 10 rings (SSSR count). The van der Waals surface area contributed by atoms with Gasteiger partial charge in [0.2, 0.25) is 17.7 Å². The normalized spacial score (nSPS) is 15.9. The first-order valence-electron chi connectivity index (χ1n) is 29.3. The molecule has 5 heterocycles. The Balaban J connectivity index is 0.639. The summed E-state index contributed by atoms with van der Waals surface area (Å²) in [5, 5.41) is 49.7. The van der Waals surface area contributed by atoms with Crippen LogP contribution in [0.5, 0.6) is 5.75 Å². The molecule has 3 aliphatic heterocycles. The monoisotopic (exact) mass is 1340 g/mol. The summed E-state index contributed by atoms with van der Waals surface area (Å²) in [7, 11) is 2.05. The molecule has 0 fully saturated rings. The molecule has 7 amide bonds. The number of aromatic nitrogens is 2. The first-order chi connectivity index (χ1) is 45.6. The van der Waals surface area contributed by atoms with Crippen molar-refractivity contribution in [2.75, 3.05) is 53.3 Å². The SMILES string of the molecule is NC1=NC2N=CC(CNc3ccc(C(=O)NC(CCC(=O)NCC(N)C(=O)NC(CC(=O)O)C(=O)NC(CSSCCOC(=O)Oc4cc5c(c6ccccc46)CCN5C(=O)c4cc5cc(NC(=O)c6cc7ccccc7[nH]6)ccc5[nH]4)C(=O)O)C(=O)O)cc3)=NC2C(=O)N1. The van der Waals surface area contributed by atoms with Crippen molar-refractivity contribution in [1.82, 2.24) is 36.6 Å². The third-order valence-electron chi connectivity index (χ3n) is 15.1. The third-order valence-corrected chi connectivity index (χ3v) is 17.5. The molecule has 0 bridgehead atoms. The van der Waals surface area contributed by atoms with E-state index < -0.39 is 116 Å². The molecular weight excluding hydrogens is 1270 g/mol. The zero-order valence-corrected chi connectivity index (χ0v) is 51.5. The maximum Gasteiger partial charge on any atom is 0.513 e. The fourth-order valence-corrected chi connectivity index (χ4v) is 12.3. The molecule has 16 N–H and O–H groups in total. The Morgan fingerprint density at radius 3 is 2.20 bits per heavy atom. The highest BCUT2D eigenvalue weighted by Crippen LogP contribution is 2.41. The maximum absolute atomic E-state index is 14.2. The number of nitrogens with one attached hydrogen (secondary N) is 9. The second kappa shape index (κ2) is 30.0. The topological polar surface area (TPSA) is 475 Å². The van der Waals surface area contributed by atoms with Crippen LogP contribution in [-0.2, 0) is 44.7 Å². The average molecular weight is 1340 g/mol. The standard InChI is InChI=1S/C62H61N15O16S2/c63-39(28-66-49(78)16-15-42(59(87)88)72-53(81)30-9-11-33(12-10-30)65-26-35-27-67-52-51(68-35)57(85)76-61(64)75-52)54(82)73-44(24-50(79)80)56(84)74-46(60(89)90)29-95-94-20-19-92-62(91)93-48-25-47-37(36-6-2-3-7-38(36)48)17-18-77(47)58(86)45-23-32-21-34(13-14-41(32)71-45)69-55(83)43-22-31-5-1-4-8-40(31)70-43/h1-14,21-23,25,27,39,42,44,46,51-52,65,70-71H,15-20,24,26,28-29,63H2,(H,66,78)(H,69,83)(H,72,81)(H,73,82)(H,74,84)(H,79,80)(H,87,88)(H,89,90)(H3,64,75,76,85). The van der Waals surface area contributed by atoms with Crippen molar-refractivity contribution < 1.29 is 77.5 Å². The highest BCUT2D eigenvalue weighted by molar-refractivity contribution is 8.76. The molecule has 33 heteroatoms. The van der Waals surface area contributed by atoms with Crippen LogP contribution < -0.4 is 58.3 Å². The second-order valence-corrected chi connectivity index (χ2v) is 24.3. The van der Waals surface area contributed by atoms with Crippen LogP contribution in [0.2, 0.25) is 0 Å². The molecule has 0 saturated carbocycles. The van der Waals surface area contributed by atoms with E-state index in [4.69, 9.17) is 20.9 Å². The number of para-hydroxylation sites is 1. The molecule has 492 valence electrons. The van der Waals surface area contributed by atoms with Gasteiger partial charge < -0.3 is 83.0 Å². The number of aromatic amines is 2. The van der Waals surface area contributed by atoms with E-state index in [0.717, 1.165) is 43.4 Å². The van der Waals surface area contributed by atoms with Crippen molar-refractivity contribution in [3.63, 3.8) is 0 Å². The number of nitrogens with two attached hydrogens (primary N) is 2. The molecule has 0 radical (unpaired) electrons. The van der Waals surface area contributed by atoms with Gasteiger partial charge in [0.1, 0.15) is 47.9 Å². The van der Waals surface area contributed by atoms with Crippen LogP contribution in [0.15, 0.2) is 124 Å². The minimum atomic E-state index is -1.83. The van der Waals surface area contributed by atoms with Gasteiger partial charge >= 0.3 is 24.1 Å². The van der Waals surface area contributed by atoms with Gasteiger partial charge in [-0.1, -0.05) is 64.1 Å². The Morgan fingerprint density at radius 2 is 1.44 bits per heavy atom. The number of benzene rings is 5. The number of fused-ring (bicyclic) bond motifs is 6. The second-order valence-electron chi connectivity index (χ2n) is 21.7. The van der Waals surface area contributed by atoms with Gasteiger partial charge in [0.05, 0.1) is 24.4 Å². The number of guanidine groups is 1. The van der Waals surface area contributed by atoms with Crippen LogP contribution >= 0.6 is 21.6 Å². The number of amides is 7. The maximum atomic E-state index is 14.2. The van der Waals surface area contributed by atoms with Crippen LogP contribution in [-0.4, -0.2) is 183 Å². The molecule has 3 aliphatic rings. The smallest absolute Gasteiger partial charge is 0.481 e. The van der Waals surface area contributed by atoms with Gasteiger partial charge in [-0.05, 0) is 84.5 Å². The number of anilines is 3. The van der Waals surface area contributed by atoms with E-state index >= 15 is 0 Å². The summed E-state index contributed by atoms with van der Waals surface area (Å²) in [6.45, 7) is -0.272. The van der Waals surface area contributed by atoms with Gasteiger partial charge in [-0.2, -0.15) is 0 Å². The largest absolute Gasteiger partial charge is 0.513 e. The zero-order valence-electron chi connectivity index (χ0n) is 49.9. The Labute approximate surface area is 545 Å². The van der Waals surface area contributed by atoms with Crippen molar-refractivity contribution in [1.29, 1.82) is 0 Å². The van der Waals surface area contributed by atoms with E-state index in [1.807, 2.05) is 36.4 Å². The van der Waals surface area contributed by atoms with Gasteiger partial charge in [-0.3, -0.25) is 53.7 Å². The third kappa shape index (κ3) is 16.7. The lowest BCUT2D eigenvalue weighted by Crippen LogP contribution is -2.57. The van der Waals surface area contributed by atoms with E-state index in [1.54, 1.807) is 65.6 Å². The fraction of sp³-hybridized carbons (Fsp3) is 0.258. The number of carboxylic acid groups (broad SMARTS) is 3. The summed E-state index contributed by atoms with van der Waals surface area (Å²) in [6, 6.07) is 23.6. The molecule has 95 heavy (non-hydrogen) atoms. The first-order valence-corrected chi connectivity index (χ1v) is 31.8. The molecule has 5 aromatic carbocycles. The molecule has 0 spiro atoms. The van der Waals surface area contributed by atoms with E-state index in [2.05, 4.69) is 62.2 Å². The minimum Gasteiger partial charge on any atom is -0.481 e. The van der Waals surface area contributed by atoms with E-state index in [1.165, 1.54) is 18.3 Å². The number of hydrogen-bond acceptors (Lipinski definition) is 21. The lowest BCUT2D eigenvalue weighted by molar-refractivity contribution is -0.143. The lowest BCUT2D eigenvalue weighted by atomic mass is 10.0.